The monoisotopic (exact) mass is 519 g/mol. The van der Waals surface area contributed by atoms with E-state index in [2.05, 4.69) is 9.88 Å². The van der Waals surface area contributed by atoms with Gasteiger partial charge in [0.1, 0.15) is 0 Å². The Balaban J connectivity index is 1.37. The van der Waals surface area contributed by atoms with Crippen LogP contribution in [-0.2, 0) is 16.1 Å². The number of carbonyl (C=O) groups excluding carboxylic acids is 1. The van der Waals surface area contributed by atoms with Gasteiger partial charge in [0.2, 0.25) is 5.91 Å². The van der Waals surface area contributed by atoms with E-state index in [-0.39, 0.29) is 17.6 Å². The zero-order valence-corrected chi connectivity index (χ0v) is 20.5. The van der Waals surface area contributed by atoms with Gasteiger partial charge in [-0.3, -0.25) is 14.0 Å². The van der Waals surface area contributed by atoms with E-state index < -0.39 is 17.6 Å². The Hall–Kier alpha value is -2.86. The van der Waals surface area contributed by atoms with Gasteiger partial charge in [-0.05, 0) is 29.8 Å². The molecule has 2 aromatic carbocycles. The van der Waals surface area contributed by atoms with Gasteiger partial charge in [0.15, 0.2) is 16.0 Å². The Morgan fingerprint density at radius 1 is 1.23 bits per heavy atom. The summed E-state index contributed by atoms with van der Waals surface area (Å²) in [4.78, 5) is 30.0. The van der Waals surface area contributed by atoms with Gasteiger partial charge in [-0.15, -0.1) is 11.3 Å². The molecule has 184 valence electrons. The second kappa shape index (κ2) is 11.3. The molecule has 35 heavy (non-hydrogen) atoms. The number of carbonyl (C=O) groups is 2. The molecule has 0 saturated carbocycles. The van der Waals surface area contributed by atoms with Crippen molar-refractivity contribution in [2.24, 2.45) is 0 Å². The molecule has 1 atom stereocenters. The number of benzene rings is 2. The maximum Gasteiger partial charge on any atom is 0.335 e. The number of amides is 1. The molecular weight excluding hydrogens is 496 g/mol. The van der Waals surface area contributed by atoms with Crippen LogP contribution in [-0.4, -0.2) is 63.5 Å². The standard InChI is InChI=1S/C24H23F2N3O4S2/c1-15(30)29(35-24-27-22(14-34-24)17-3-5-18(6-4-17)23(31)32)13-19-12-28(8-9-33-19)11-16-2-7-20(25)21(26)10-16/h2-7,10,14,19H,8-9,11-13H2,1H3,(H,31,32)/t19-/m0/s1. The first-order valence-electron chi connectivity index (χ1n) is 10.8. The average Bonchev–Trinajstić information content (AvgIpc) is 3.30. The number of ether oxygens (including phenoxy) is 1. The van der Waals surface area contributed by atoms with Gasteiger partial charge in [-0.1, -0.05) is 18.2 Å². The second-order valence-electron chi connectivity index (χ2n) is 8.03. The van der Waals surface area contributed by atoms with E-state index in [9.17, 15) is 18.4 Å². The van der Waals surface area contributed by atoms with Crippen LogP contribution in [0.15, 0.2) is 52.2 Å². The molecule has 7 nitrogen and oxygen atoms in total. The Kier molecular flexibility index (Phi) is 8.11. The minimum Gasteiger partial charge on any atom is -0.478 e. The van der Waals surface area contributed by atoms with E-state index in [4.69, 9.17) is 9.84 Å². The van der Waals surface area contributed by atoms with Crippen LogP contribution in [0.4, 0.5) is 8.78 Å². The Morgan fingerprint density at radius 3 is 2.69 bits per heavy atom. The van der Waals surface area contributed by atoms with E-state index in [1.54, 1.807) is 22.5 Å². The number of carboxylic acids is 1. The lowest BCUT2D eigenvalue weighted by molar-refractivity contribution is -0.126. The van der Waals surface area contributed by atoms with Crippen LogP contribution < -0.4 is 0 Å². The first-order valence-corrected chi connectivity index (χ1v) is 12.5. The summed E-state index contributed by atoms with van der Waals surface area (Å²) in [6.45, 7) is 3.95. The highest BCUT2D eigenvalue weighted by molar-refractivity contribution is 7.99. The highest BCUT2D eigenvalue weighted by atomic mass is 32.2. The minimum absolute atomic E-state index is 0.140. The largest absolute Gasteiger partial charge is 0.478 e. The molecule has 0 bridgehead atoms. The fourth-order valence-electron chi connectivity index (χ4n) is 3.66. The van der Waals surface area contributed by atoms with Crippen molar-refractivity contribution in [1.82, 2.24) is 14.2 Å². The normalized spacial score (nSPS) is 16.3. The van der Waals surface area contributed by atoms with Crippen molar-refractivity contribution in [3.8, 4) is 11.3 Å². The molecule has 1 aliphatic rings. The second-order valence-corrected chi connectivity index (χ2v) is 10.2. The molecule has 0 unspecified atom stereocenters. The molecule has 1 aromatic heterocycles. The summed E-state index contributed by atoms with van der Waals surface area (Å²) < 4.78 is 34.9. The van der Waals surface area contributed by atoms with Crippen LogP contribution in [0.5, 0.6) is 0 Å². The van der Waals surface area contributed by atoms with Gasteiger partial charge in [-0.25, -0.2) is 18.6 Å². The third-order valence-electron chi connectivity index (χ3n) is 5.43. The van der Waals surface area contributed by atoms with Crippen molar-refractivity contribution in [2.75, 3.05) is 26.2 Å². The van der Waals surface area contributed by atoms with Gasteiger partial charge < -0.3 is 9.84 Å². The van der Waals surface area contributed by atoms with Gasteiger partial charge in [0, 0.05) is 49.4 Å². The molecule has 0 aliphatic carbocycles. The summed E-state index contributed by atoms with van der Waals surface area (Å²) >= 11 is 2.62. The number of carboxylic acid groups (broad SMARTS) is 1. The first-order chi connectivity index (χ1) is 16.8. The predicted molar refractivity (Wildman–Crippen MR) is 129 cm³/mol. The third-order valence-corrected chi connectivity index (χ3v) is 7.45. The molecule has 0 radical (unpaired) electrons. The number of nitrogens with zero attached hydrogens (tertiary/aromatic N) is 3. The summed E-state index contributed by atoms with van der Waals surface area (Å²) in [7, 11) is 0. The van der Waals surface area contributed by atoms with E-state index >= 15 is 0 Å². The van der Waals surface area contributed by atoms with Crippen molar-refractivity contribution in [2.45, 2.75) is 23.9 Å². The molecule has 1 aliphatic heterocycles. The zero-order chi connectivity index (χ0) is 24.9. The number of aromatic nitrogens is 1. The van der Waals surface area contributed by atoms with Gasteiger partial charge in [-0.2, -0.15) is 0 Å². The van der Waals surface area contributed by atoms with Crippen LogP contribution in [0.3, 0.4) is 0 Å². The number of hydrogen-bond acceptors (Lipinski definition) is 7. The van der Waals surface area contributed by atoms with Crippen LogP contribution in [0.1, 0.15) is 22.8 Å². The lowest BCUT2D eigenvalue weighted by Gasteiger charge is -2.35. The molecule has 4 rings (SSSR count). The number of halogens is 2. The maximum absolute atomic E-state index is 13.5. The Labute approximate surface area is 209 Å². The maximum atomic E-state index is 13.5. The summed E-state index contributed by atoms with van der Waals surface area (Å²) in [5.41, 5.74) is 2.36. The molecule has 1 saturated heterocycles. The number of rotatable bonds is 8. The van der Waals surface area contributed by atoms with Crippen molar-refractivity contribution in [3.63, 3.8) is 0 Å². The topological polar surface area (TPSA) is 83.0 Å². The van der Waals surface area contributed by atoms with Crippen LogP contribution in [0.25, 0.3) is 11.3 Å². The van der Waals surface area contributed by atoms with Crippen molar-refractivity contribution >= 4 is 35.2 Å². The van der Waals surface area contributed by atoms with E-state index in [0.717, 1.165) is 11.6 Å². The van der Waals surface area contributed by atoms with Gasteiger partial charge in [0.25, 0.3) is 0 Å². The quantitative estimate of drug-likeness (QED) is 0.438. The molecule has 3 aromatic rings. The van der Waals surface area contributed by atoms with E-state index in [1.807, 2.05) is 5.38 Å². The molecule has 2 heterocycles. The summed E-state index contributed by atoms with van der Waals surface area (Å²) in [5.74, 6) is -2.87. The van der Waals surface area contributed by atoms with Crippen molar-refractivity contribution in [3.05, 3.63) is 70.6 Å². The highest BCUT2D eigenvalue weighted by Gasteiger charge is 2.25. The predicted octanol–water partition coefficient (Wildman–Crippen LogP) is 4.54. The van der Waals surface area contributed by atoms with E-state index in [1.165, 1.54) is 48.4 Å². The lowest BCUT2D eigenvalue weighted by Crippen LogP contribution is -2.46. The Morgan fingerprint density at radius 2 is 2.00 bits per heavy atom. The molecule has 0 spiro atoms. The first kappa shape index (κ1) is 25.2. The number of hydrogen-bond donors (Lipinski definition) is 1. The number of aromatic carboxylic acids is 1. The smallest absolute Gasteiger partial charge is 0.335 e. The average molecular weight is 520 g/mol. The molecular formula is C24H23F2N3O4S2. The summed E-state index contributed by atoms with van der Waals surface area (Å²) in [5, 5.41) is 10.9. The zero-order valence-electron chi connectivity index (χ0n) is 18.8. The summed E-state index contributed by atoms with van der Waals surface area (Å²) in [6, 6.07) is 10.3. The fraction of sp³-hybridized carbons (Fsp3) is 0.292. The van der Waals surface area contributed by atoms with Crippen LogP contribution in [0.2, 0.25) is 0 Å². The molecule has 1 N–H and O–H groups in total. The highest BCUT2D eigenvalue weighted by Crippen LogP contribution is 2.31. The van der Waals surface area contributed by atoms with E-state index in [0.29, 0.717) is 48.4 Å². The van der Waals surface area contributed by atoms with Crippen molar-refractivity contribution < 1.29 is 28.2 Å². The SMILES string of the molecule is CC(=O)N(C[C@@H]1CN(Cc2ccc(F)c(F)c2)CCO1)Sc1nc(-c2ccc(C(=O)O)cc2)cs1. The molecule has 11 heteroatoms. The molecule has 1 amide bonds. The third kappa shape index (κ3) is 6.63. The molecule has 1 fully saturated rings. The van der Waals surface area contributed by atoms with Crippen molar-refractivity contribution in [1.29, 1.82) is 0 Å². The van der Waals surface area contributed by atoms with Gasteiger partial charge in [0.05, 0.1) is 30.5 Å². The summed E-state index contributed by atoms with van der Waals surface area (Å²) in [6.07, 6.45) is -0.242. The Bertz CT molecular complexity index is 1210. The van der Waals surface area contributed by atoms with Crippen LogP contribution >= 0.6 is 23.3 Å². The number of thiazole rings is 1. The minimum atomic E-state index is -0.989. The lowest BCUT2D eigenvalue weighted by atomic mass is 10.1. The fourth-order valence-corrected chi connectivity index (χ4v) is 5.49. The number of morpholine rings is 1. The van der Waals surface area contributed by atoms with Crippen LogP contribution in [0, 0.1) is 11.6 Å². The van der Waals surface area contributed by atoms with Gasteiger partial charge >= 0.3 is 5.97 Å².